The highest BCUT2D eigenvalue weighted by Crippen LogP contribution is 2.23. The molecule has 3 amide bonds. The summed E-state index contributed by atoms with van der Waals surface area (Å²) < 4.78 is 5.20. The molecule has 5 heterocycles. The molecule has 1 atom stereocenters. The van der Waals surface area contributed by atoms with E-state index in [0.29, 0.717) is 56.4 Å². The lowest BCUT2D eigenvalue weighted by molar-refractivity contribution is -0.138. The zero-order valence-electron chi connectivity index (χ0n) is 18.7. The highest BCUT2D eigenvalue weighted by atomic mass is 16.3. The van der Waals surface area contributed by atoms with Crippen LogP contribution in [0.15, 0.2) is 53.4 Å². The number of aromatic amines is 1. The van der Waals surface area contributed by atoms with E-state index in [1.54, 1.807) is 45.3 Å². The predicted molar refractivity (Wildman–Crippen MR) is 122 cm³/mol. The number of likely N-dealkylation sites (tertiary alicyclic amines) is 1. The summed E-state index contributed by atoms with van der Waals surface area (Å²) in [6, 6.07) is 8.76. The Morgan fingerprint density at radius 1 is 0.971 bits per heavy atom. The van der Waals surface area contributed by atoms with Crippen molar-refractivity contribution in [3.8, 4) is 11.3 Å². The molecule has 3 aromatic heterocycles. The number of carbonyl (C=O) groups is 3. The molecule has 0 aromatic carbocycles. The number of carbonyl (C=O) groups excluding carboxylic acids is 3. The summed E-state index contributed by atoms with van der Waals surface area (Å²) >= 11 is 0. The molecule has 1 N–H and O–H groups in total. The zero-order chi connectivity index (χ0) is 23.5. The number of piperidine rings is 1. The summed E-state index contributed by atoms with van der Waals surface area (Å²) in [5.41, 5.74) is 1.88. The first-order valence-corrected chi connectivity index (χ1v) is 11.5. The molecule has 2 fully saturated rings. The van der Waals surface area contributed by atoms with Gasteiger partial charge in [0.15, 0.2) is 5.76 Å². The molecule has 0 spiro atoms. The fourth-order valence-corrected chi connectivity index (χ4v) is 4.57. The Morgan fingerprint density at radius 3 is 2.53 bits per heavy atom. The lowest BCUT2D eigenvalue weighted by Crippen LogP contribution is -2.54. The average molecular weight is 463 g/mol. The Hall–Kier alpha value is -3.95. The van der Waals surface area contributed by atoms with E-state index in [9.17, 15) is 14.4 Å². The van der Waals surface area contributed by atoms with Crippen LogP contribution >= 0.6 is 0 Å². The van der Waals surface area contributed by atoms with Gasteiger partial charge in [-0.1, -0.05) is 0 Å². The van der Waals surface area contributed by atoms with Gasteiger partial charge in [0.25, 0.3) is 11.8 Å². The van der Waals surface area contributed by atoms with Crippen LogP contribution in [-0.2, 0) is 4.79 Å². The molecule has 10 heteroatoms. The van der Waals surface area contributed by atoms with E-state index in [1.807, 2.05) is 12.1 Å². The Labute approximate surface area is 196 Å². The number of pyridine rings is 1. The van der Waals surface area contributed by atoms with Crippen molar-refractivity contribution in [1.29, 1.82) is 0 Å². The van der Waals surface area contributed by atoms with E-state index >= 15 is 0 Å². The van der Waals surface area contributed by atoms with Gasteiger partial charge in [0.1, 0.15) is 5.69 Å². The first-order chi connectivity index (χ1) is 16.6. The maximum absolute atomic E-state index is 13.2. The summed E-state index contributed by atoms with van der Waals surface area (Å²) in [5.74, 6) is -0.202. The lowest BCUT2D eigenvalue weighted by atomic mass is 9.96. The molecule has 0 bridgehead atoms. The number of furan rings is 1. The number of aromatic nitrogens is 3. The number of rotatable bonds is 4. The fourth-order valence-electron chi connectivity index (χ4n) is 4.57. The van der Waals surface area contributed by atoms with Crippen molar-refractivity contribution in [3.05, 3.63) is 60.4 Å². The van der Waals surface area contributed by atoms with Crippen LogP contribution in [0.5, 0.6) is 0 Å². The van der Waals surface area contributed by atoms with E-state index in [-0.39, 0.29) is 23.6 Å². The van der Waals surface area contributed by atoms with Gasteiger partial charge >= 0.3 is 0 Å². The van der Waals surface area contributed by atoms with E-state index in [2.05, 4.69) is 15.2 Å². The fraction of sp³-hybridized carbons (Fsp3) is 0.375. The first-order valence-electron chi connectivity index (χ1n) is 11.5. The summed E-state index contributed by atoms with van der Waals surface area (Å²) in [6.45, 7) is 2.87. The van der Waals surface area contributed by atoms with Gasteiger partial charge in [-0.2, -0.15) is 5.10 Å². The van der Waals surface area contributed by atoms with Crippen molar-refractivity contribution in [1.82, 2.24) is 29.9 Å². The van der Waals surface area contributed by atoms with Crippen LogP contribution in [0, 0.1) is 5.92 Å². The zero-order valence-corrected chi connectivity index (χ0v) is 18.7. The number of hydrogen-bond donors (Lipinski definition) is 1. The number of H-pyrrole nitrogens is 1. The molecule has 10 nitrogen and oxygen atoms in total. The largest absolute Gasteiger partial charge is 0.459 e. The number of amides is 3. The third-order valence-corrected chi connectivity index (χ3v) is 6.43. The van der Waals surface area contributed by atoms with Gasteiger partial charge in [0.05, 0.1) is 17.9 Å². The van der Waals surface area contributed by atoms with Crippen molar-refractivity contribution < 1.29 is 18.8 Å². The van der Waals surface area contributed by atoms with Gasteiger partial charge in [-0.25, -0.2) is 0 Å². The molecule has 3 aromatic rings. The normalized spacial score (nSPS) is 18.7. The SMILES string of the molecule is O=C(c1cc(-c2cccnc2)n[nH]1)N1CCC[C@H](C(=O)N2CCN(C(=O)c3ccco3)CC2)C1. The molecule has 2 saturated heterocycles. The smallest absolute Gasteiger partial charge is 0.289 e. The Kier molecular flexibility index (Phi) is 6.11. The van der Waals surface area contributed by atoms with E-state index in [4.69, 9.17) is 4.42 Å². The Balaban J connectivity index is 1.18. The van der Waals surface area contributed by atoms with Crippen molar-refractivity contribution in [2.24, 2.45) is 5.92 Å². The third kappa shape index (κ3) is 4.43. The predicted octanol–water partition coefficient (Wildman–Crippen LogP) is 1.90. The van der Waals surface area contributed by atoms with Crippen LogP contribution in [0.4, 0.5) is 0 Å². The summed E-state index contributed by atoms with van der Waals surface area (Å²) in [6.07, 6.45) is 6.37. The molecule has 2 aliphatic heterocycles. The van der Waals surface area contributed by atoms with Crippen LogP contribution in [-0.4, -0.2) is 86.9 Å². The Morgan fingerprint density at radius 2 is 1.79 bits per heavy atom. The molecular weight excluding hydrogens is 436 g/mol. The number of nitrogens with zero attached hydrogens (tertiary/aromatic N) is 5. The van der Waals surface area contributed by atoms with Crippen molar-refractivity contribution >= 4 is 17.7 Å². The summed E-state index contributed by atoms with van der Waals surface area (Å²) in [5, 5.41) is 7.07. The number of nitrogens with one attached hydrogen (secondary N) is 1. The minimum atomic E-state index is -0.245. The van der Waals surface area contributed by atoms with Crippen LogP contribution < -0.4 is 0 Å². The first kappa shape index (κ1) is 21.9. The van der Waals surface area contributed by atoms with Crippen LogP contribution in [0.25, 0.3) is 11.3 Å². The average Bonchev–Trinajstić information content (AvgIpc) is 3.61. The molecular formula is C24H26N6O4. The second-order valence-electron chi connectivity index (χ2n) is 8.59. The summed E-state index contributed by atoms with van der Waals surface area (Å²) in [4.78, 5) is 48.1. The van der Waals surface area contributed by atoms with Crippen LogP contribution in [0.1, 0.15) is 33.9 Å². The van der Waals surface area contributed by atoms with Crippen molar-refractivity contribution in [2.45, 2.75) is 12.8 Å². The highest BCUT2D eigenvalue weighted by molar-refractivity contribution is 5.94. The van der Waals surface area contributed by atoms with Gasteiger partial charge in [-0.3, -0.25) is 24.5 Å². The van der Waals surface area contributed by atoms with Gasteiger partial charge < -0.3 is 19.1 Å². The van der Waals surface area contributed by atoms with E-state index in [1.165, 1.54) is 6.26 Å². The molecule has 0 radical (unpaired) electrons. The molecule has 34 heavy (non-hydrogen) atoms. The topological polar surface area (TPSA) is 116 Å². The van der Waals surface area contributed by atoms with Crippen molar-refractivity contribution in [3.63, 3.8) is 0 Å². The van der Waals surface area contributed by atoms with E-state index in [0.717, 1.165) is 18.4 Å². The monoisotopic (exact) mass is 462 g/mol. The molecule has 5 rings (SSSR count). The molecule has 0 saturated carbocycles. The second kappa shape index (κ2) is 9.50. The molecule has 0 aliphatic carbocycles. The second-order valence-corrected chi connectivity index (χ2v) is 8.59. The van der Waals surface area contributed by atoms with E-state index < -0.39 is 0 Å². The standard InChI is InChI=1S/C24H26N6O4/c31-22(28-9-11-29(12-10-28)24(33)21-6-3-13-34-21)18-5-2-8-30(16-18)23(32)20-14-19(26-27-20)17-4-1-7-25-15-17/h1,3-4,6-7,13-15,18H,2,5,8-12,16H2,(H,26,27)/t18-/m0/s1. The maximum atomic E-state index is 13.2. The molecule has 176 valence electrons. The maximum Gasteiger partial charge on any atom is 0.289 e. The van der Waals surface area contributed by atoms with Gasteiger partial charge in [0, 0.05) is 57.2 Å². The minimum Gasteiger partial charge on any atom is -0.459 e. The number of piperazine rings is 1. The quantitative estimate of drug-likeness (QED) is 0.633. The molecule has 0 unspecified atom stereocenters. The highest BCUT2D eigenvalue weighted by Gasteiger charge is 2.34. The Bertz CT molecular complexity index is 1150. The lowest BCUT2D eigenvalue weighted by Gasteiger charge is -2.38. The third-order valence-electron chi connectivity index (χ3n) is 6.43. The number of hydrogen-bond acceptors (Lipinski definition) is 6. The van der Waals surface area contributed by atoms with Crippen LogP contribution in [0.2, 0.25) is 0 Å². The molecule has 2 aliphatic rings. The van der Waals surface area contributed by atoms with Crippen LogP contribution in [0.3, 0.4) is 0 Å². The van der Waals surface area contributed by atoms with Gasteiger partial charge in [-0.05, 0) is 43.2 Å². The van der Waals surface area contributed by atoms with Gasteiger partial charge in [-0.15, -0.1) is 0 Å². The summed E-state index contributed by atoms with van der Waals surface area (Å²) in [7, 11) is 0. The van der Waals surface area contributed by atoms with Crippen molar-refractivity contribution in [2.75, 3.05) is 39.3 Å². The van der Waals surface area contributed by atoms with Gasteiger partial charge in [0.2, 0.25) is 5.91 Å². The minimum absolute atomic E-state index is 0.0447.